The molecule has 3 rings (SSSR count). The first-order valence-electron chi connectivity index (χ1n) is 7.46. The molecule has 0 radical (unpaired) electrons. The van der Waals surface area contributed by atoms with Crippen LogP contribution >= 0.6 is 15.9 Å². The fourth-order valence-corrected chi connectivity index (χ4v) is 3.57. The molecule has 1 aromatic carbocycles. The van der Waals surface area contributed by atoms with E-state index in [1.54, 1.807) is 7.11 Å². The Morgan fingerprint density at radius 2 is 1.90 bits per heavy atom. The fraction of sp³-hybridized carbons (Fsp3) is 0.625. The Bertz CT molecular complexity index is 508. The fourth-order valence-electron chi connectivity index (χ4n) is 2.98. The third-order valence-electron chi connectivity index (χ3n) is 4.49. The number of hydrogen-bond donors (Lipinski definition) is 1. The highest BCUT2D eigenvalue weighted by Crippen LogP contribution is 2.44. The highest BCUT2D eigenvalue weighted by atomic mass is 79.9. The van der Waals surface area contributed by atoms with E-state index < -0.39 is 6.10 Å². The van der Waals surface area contributed by atoms with Gasteiger partial charge in [-0.2, -0.15) is 0 Å². The quantitative estimate of drug-likeness (QED) is 0.895. The van der Waals surface area contributed by atoms with Gasteiger partial charge in [0, 0.05) is 24.4 Å². The van der Waals surface area contributed by atoms with Gasteiger partial charge in [0.15, 0.2) is 11.5 Å². The zero-order valence-electron chi connectivity index (χ0n) is 12.2. The van der Waals surface area contributed by atoms with Crippen LogP contribution in [0.25, 0.3) is 0 Å². The number of benzene rings is 1. The van der Waals surface area contributed by atoms with Crippen LogP contribution in [0, 0.1) is 0 Å². The highest BCUT2D eigenvalue weighted by molar-refractivity contribution is 9.10. The maximum Gasteiger partial charge on any atom is 0.162 e. The summed E-state index contributed by atoms with van der Waals surface area (Å²) in [6.07, 6.45) is 4.12. The van der Waals surface area contributed by atoms with Gasteiger partial charge in [-0.1, -0.05) is 15.9 Å². The number of methoxy groups -OCH3 is 1. The van der Waals surface area contributed by atoms with Crippen molar-refractivity contribution in [3.8, 4) is 11.5 Å². The van der Waals surface area contributed by atoms with Crippen molar-refractivity contribution in [3.63, 3.8) is 0 Å². The van der Waals surface area contributed by atoms with E-state index in [1.807, 2.05) is 12.1 Å². The average Bonchev–Trinajstić information content (AvgIpc) is 2.66. The molecule has 2 aliphatic rings. The molecule has 1 aliphatic heterocycles. The van der Waals surface area contributed by atoms with Crippen LogP contribution in [-0.2, 0) is 4.74 Å². The van der Waals surface area contributed by atoms with Crippen LogP contribution in [0.15, 0.2) is 16.6 Å². The maximum absolute atomic E-state index is 10.6. The Morgan fingerprint density at radius 1 is 1.24 bits per heavy atom. The normalized spacial score (nSPS) is 21.3. The van der Waals surface area contributed by atoms with E-state index >= 15 is 0 Å². The second kappa shape index (κ2) is 6.15. The van der Waals surface area contributed by atoms with Crippen molar-refractivity contribution in [1.29, 1.82) is 0 Å². The Morgan fingerprint density at radius 3 is 2.48 bits per heavy atom. The molecule has 1 unspecified atom stereocenters. The summed E-state index contributed by atoms with van der Waals surface area (Å²) in [6.45, 7) is 1.31. The number of hydrogen-bond acceptors (Lipinski definition) is 4. The van der Waals surface area contributed by atoms with Crippen molar-refractivity contribution >= 4 is 15.9 Å². The minimum Gasteiger partial charge on any atom is -0.490 e. The van der Waals surface area contributed by atoms with Crippen molar-refractivity contribution in [2.75, 3.05) is 20.3 Å². The van der Waals surface area contributed by atoms with Gasteiger partial charge in [-0.25, -0.2) is 0 Å². The van der Waals surface area contributed by atoms with E-state index in [0.717, 1.165) is 35.0 Å². The van der Waals surface area contributed by atoms with Crippen molar-refractivity contribution in [3.05, 3.63) is 22.2 Å². The van der Waals surface area contributed by atoms with Gasteiger partial charge >= 0.3 is 0 Å². The molecule has 0 saturated heterocycles. The zero-order valence-corrected chi connectivity index (χ0v) is 13.8. The first-order valence-corrected chi connectivity index (χ1v) is 8.25. The number of rotatable bonds is 4. The molecule has 1 heterocycles. The van der Waals surface area contributed by atoms with E-state index in [0.29, 0.717) is 25.4 Å². The largest absolute Gasteiger partial charge is 0.490 e. The second-order valence-corrected chi connectivity index (χ2v) is 6.69. The molecule has 0 bridgehead atoms. The van der Waals surface area contributed by atoms with Gasteiger partial charge < -0.3 is 19.3 Å². The van der Waals surface area contributed by atoms with Gasteiger partial charge in [-0.15, -0.1) is 0 Å². The van der Waals surface area contributed by atoms with Gasteiger partial charge in [0.25, 0.3) is 0 Å². The van der Waals surface area contributed by atoms with E-state index in [4.69, 9.17) is 14.2 Å². The molecule has 1 aromatic rings. The highest BCUT2D eigenvalue weighted by Gasteiger charge is 2.39. The molecule has 4 nitrogen and oxygen atoms in total. The molecule has 21 heavy (non-hydrogen) atoms. The molecule has 5 heteroatoms. The number of ether oxygens (including phenoxy) is 3. The van der Waals surface area contributed by atoms with E-state index in [2.05, 4.69) is 15.9 Å². The lowest BCUT2D eigenvalue weighted by Crippen LogP contribution is -2.40. The monoisotopic (exact) mass is 356 g/mol. The predicted molar refractivity (Wildman–Crippen MR) is 82.9 cm³/mol. The van der Waals surface area contributed by atoms with Gasteiger partial charge in [0.2, 0.25) is 0 Å². The Kier molecular flexibility index (Phi) is 4.43. The second-order valence-electron chi connectivity index (χ2n) is 5.83. The summed E-state index contributed by atoms with van der Waals surface area (Å²) < 4.78 is 17.8. The predicted octanol–water partition coefficient (Wildman–Crippen LogP) is 3.60. The van der Waals surface area contributed by atoms with Gasteiger partial charge in [0.1, 0.15) is 0 Å². The van der Waals surface area contributed by atoms with Crippen molar-refractivity contribution < 1.29 is 19.3 Å². The summed E-state index contributed by atoms with van der Waals surface area (Å²) in [7, 11) is 1.73. The molecule has 1 atom stereocenters. The van der Waals surface area contributed by atoms with Crippen LogP contribution in [0.1, 0.15) is 43.8 Å². The smallest absolute Gasteiger partial charge is 0.162 e. The summed E-state index contributed by atoms with van der Waals surface area (Å²) in [6, 6.07) is 3.77. The topological polar surface area (TPSA) is 47.9 Å². The number of aliphatic hydroxyl groups is 1. The van der Waals surface area contributed by atoms with Gasteiger partial charge in [0.05, 0.1) is 24.9 Å². The first kappa shape index (κ1) is 15.1. The average molecular weight is 357 g/mol. The van der Waals surface area contributed by atoms with Crippen molar-refractivity contribution in [1.82, 2.24) is 0 Å². The third-order valence-corrected chi connectivity index (χ3v) is 5.18. The summed E-state index contributed by atoms with van der Waals surface area (Å²) in [4.78, 5) is 0. The van der Waals surface area contributed by atoms with E-state index in [9.17, 15) is 5.11 Å². The van der Waals surface area contributed by atoms with Crippen LogP contribution in [-0.4, -0.2) is 31.0 Å². The Labute approximate surface area is 133 Å². The van der Waals surface area contributed by atoms with E-state index in [-0.39, 0.29) is 5.60 Å². The van der Waals surface area contributed by atoms with Gasteiger partial charge in [-0.05, 0) is 37.0 Å². The molecule has 0 aromatic heterocycles. The lowest BCUT2D eigenvalue weighted by molar-refractivity contribution is -0.1000. The Hall–Kier alpha value is -0.780. The molecule has 0 amide bonds. The first-order chi connectivity index (χ1) is 10.1. The molecule has 116 valence electrons. The number of fused-ring (bicyclic) bond motifs is 1. The van der Waals surface area contributed by atoms with Crippen LogP contribution in [0.2, 0.25) is 0 Å². The molecule has 0 spiro atoms. The van der Waals surface area contributed by atoms with Crippen LogP contribution in [0.3, 0.4) is 0 Å². The molecule has 1 fully saturated rings. The van der Waals surface area contributed by atoms with Crippen LogP contribution in [0.4, 0.5) is 0 Å². The van der Waals surface area contributed by atoms with E-state index in [1.165, 1.54) is 6.42 Å². The molecular weight excluding hydrogens is 336 g/mol. The number of aliphatic hydroxyl groups excluding tert-OH is 1. The van der Waals surface area contributed by atoms with Crippen molar-refractivity contribution in [2.45, 2.75) is 43.8 Å². The van der Waals surface area contributed by atoms with Crippen molar-refractivity contribution in [2.24, 2.45) is 0 Å². The summed E-state index contributed by atoms with van der Waals surface area (Å²) in [5, 5.41) is 10.6. The minimum atomic E-state index is -0.572. The van der Waals surface area contributed by atoms with Gasteiger partial charge in [-0.3, -0.25) is 0 Å². The molecule has 1 N–H and O–H groups in total. The molecule has 1 aliphatic carbocycles. The zero-order chi connectivity index (χ0) is 14.9. The van der Waals surface area contributed by atoms with Crippen LogP contribution in [0.5, 0.6) is 11.5 Å². The molecule has 1 saturated carbocycles. The summed E-state index contributed by atoms with van der Waals surface area (Å²) in [5.41, 5.74) is 0.672. The lowest BCUT2D eigenvalue weighted by Gasteiger charge is -2.42. The SMILES string of the molecule is COC1(CC(O)c2cc3c(cc2Br)OCCCO3)CCC1. The molecular formula is C16H21BrO4. The van der Waals surface area contributed by atoms with Crippen LogP contribution < -0.4 is 9.47 Å². The maximum atomic E-state index is 10.6. The Balaban J connectivity index is 1.82. The lowest BCUT2D eigenvalue weighted by atomic mass is 9.75. The minimum absolute atomic E-state index is 0.164. The number of halogens is 1. The summed E-state index contributed by atoms with van der Waals surface area (Å²) in [5.74, 6) is 1.45. The summed E-state index contributed by atoms with van der Waals surface area (Å²) >= 11 is 3.53. The standard InChI is InChI=1S/C16H21BrO4/c1-19-16(4-2-5-16)10-13(18)11-8-14-15(9-12(11)17)21-7-3-6-20-14/h8-9,13,18H,2-7,10H2,1H3. The third kappa shape index (κ3) is 3.05.